The molecule has 0 rings (SSSR count). The number of rotatable bonds is 68. The van der Waals surface area contributed by atoms with Crippen molar-refractivity contribution in [2.24, 2.45) is 11.8 Å². The van der Waals surface area contributed by atoms with Crippen LogP contribution in [-0.2, 0) is 65.4 Å². The predicted molar refractivity (Wildman–Crippen MR) is 354 cm³/mol. The number of carbonyl (C=O) groups is 4. The summed E-state index contributed by atoms with van der Waals surface area (Å²) < 4.78 is 68.1. The van der Waals surface area contributed by atoms with Crippen LogP contribution in [0.1, 0.15) is 350 Å². The molecule has 0 saturated carbocycles. The Morgan fingerprint density at radius 1 is 0.307 bits per heavy atom. The van der Waals surface area contributed by atoms with Crippen molar-refractivity contribution in [3.8, 4) is 0 Å². The molecule has 522 valence electrons. The molecule has 88 heavy (non-hydrogen) atoms. The fourth-order valence-corrected chi connectivity index (χ4v) is 12.0. The van der Waals surface area contributed by atoms with Crippen molar-refractivity contribution in [1.82, 2.24) is 0 Å². The Morgan fingerprint density at radius 2 is 0.523 bits per heavy atom. The number of carbonyl (C=O) groups excluding carboxylic acids is 4. The molecule has 0 aromatic heterocycles. The Balaban J connectivity index is 5.17. The van der Waals surface area contributed by atoms with E-state index in [-0.39, 0.29) is 25.7 Å². The van der Waals surface area contributed by atoms with E-state index in [1.807, 2.05) is 0 Å². The van der Waals surface area contributed by atoms with E-state index in [1.165, 1.54) is 154 Å². The highest BCUT2D eigenvalue weighted by Crippen LogP contribution is 2.45. The lowest BCUT2D eigenvalue weighted by atomic mass is 10.0. The van der Waals surface area contributed by atoms with Crippen LogP contribution in [0, 0.1) is 11.8 Å². The average molecular weight is 1300 g/mol. The van der Waals surface area contributed by atoms with Gasteiger partial charge in [0.2, 0.25) is 0 Å². The van der Waals surface area contributed by atoms with Crippen LogP contribution in [-0.4, -0.2) is 96.7 Å². The smallest absolute Gasteiger partial charge is 0.462 e. The van der Waals surface area contributed by atoms with Gasteiger partial charge in [-0.3, -0.25) is 37.3 Å². The van der Waals surface area contributed by atoms with Gasteiger partial charge in [-0.15, -0.1) is 0 Å². The first-order chi connectivity index (χ1) is 42.4. The summed E-state index contributed by atoms with van der Waals surface area (Å²) in [7, 11) is -9.89. The SMILES string of the molecule is CCCCCCCCCCCCCCCCCCCCCC(=O)O[C@H](COC(=O)CCCCCCCCCCC(C)C)COP(=O)(O)OC[C@@H](O)COP(=O)(O)OC[C@@H](COC(=O)CCCCCCCCC)OC(=O)CCCCCCCCCCC(C)C. The second-order valence-corrected chi connectivity index (χ2v) is 28.8. The van der Waals surface area contributed by atoms with Gasteiger partial charge < -0.3 is 33.8 Å². The fraction of sp³-hybridized carbons (Fsp3) is 0.942. The van der Waals surface area contributed by atoms with Crippen molar-refractivity contribution in [1.29, 1.82) is 0 Å². The van der Waals surface area contributed by atoms with Gasteiger partial charge in [0.1, 0.15) is 19.3 Å². The zero-order valence-electron chi connectivity index (χ0n) is 57.0. The van der Waals surface area contributed by atoms with Crippen LogP contribution in [0.3, 0.4) is 0 Å². The van der Waals surface area contributed by atoms with E-state index >= 15 is 0 Å². The van der Waals surface area contributed by atoms with Gasteiger partial charge in [-0.1, -0.05) is 298 Å². The zero-order valence-corrected chi connectivity index (χ0v) is 58.8. The van der Waals surface area contributed by atoms with Gasteiger partial charge in [-0.2, -0.15) is 0 Å². The monoisotopic (exact) mass is 1300 g/mol. The summed E-state index contributed by atoms with van der Waals surface area (Å²) in [6.45, 7) is 9.42. The molecule has 3 N–H and O–H groups in total. The standard InChI is InChI=1S/C69H134O17P2/c1-7-9-11-13-15-16-17-18-19-20-21-22-23-24-25-26-35-41-47-53-68(73)85-65(58-80-67(72)52-46-40-34-29-27-32-37-43-49-61(3)4)60-84-88(77,78)82-56-63(70)55-81-87(75,76)83-59-64(57-79-66(71)51-45-39-31-14-12-10-8-2)86-69(74)54-48-42-36-30-28-33-38-44-50-62(5)6/h61-65,70H,7-60H2,1-6H3,(H,75,76)(H,77,78)/t63-,64+,65+/m0/s1. The second-order valence-electron chi connectivity index (χ2n) is 25.9. The van der Waals surface area contributed by atoms with E-state index < -0.39 is 97.5 Å². The maximum absolute atomic E-state index is 13.0. The van der Waals surface area contributed by atoms with Crippen molar-refractivity contribution in [2.75, 3.05) is 39.6 Å². The van der Waals surface area contributed by atoms with Crippen LogP contribution >= 0.6 is 15.6 Å². The lowest BCUT2D eigenvalue weighted by Crippen LogP contribution is -2.30. The highest BCUT2D eigenvalue weighted by molar-refractivity contribution is 7.47. The molecule has 0 amide bonds. The van der Waals surface area contributed by atoms with Crippen LogP contribution in [0.2, 0.25) is 0 Å². The minimum atomic E-state index is -4.95. The number of hydrogen-bond donors (Lipinski definition) is 3. The van der Waals surface area contributed by atoms with Crippen molar-refractivity contribution in [2.45, 2.75) is 368 Å². The number of aliphatic hydroxyl groups excluding tert-OH is 1. The van der Waals surface area contributed by atoms with Crippen LogP contribution in [0.25, 0.3) is 0 Å². The van der Waals surface area contributed by atoms with Gasteiger partial charge in [0.15, 0.2) is 12.2 Å². The maximum atomic E-state index is 13.0. The Labute approximate surface area is 537 Å². The summed E-state index contributed by atoms with van der Waals surface area (Å²) in [5, 5.41) is 10.6. The minimum absolute atomic E-state index is 0.104. The van der Waals surface area contributed by atoms with Gasteiger partial charge >= 0.3 is 39.5 Å². The fourth-order valence-electron chi connectivity index (χ4n) is 10.4. The molecule has 0 aliphatic carbocycles. The maximum Gasteiger partial charge on any atom is 0.472 e. The Hall–Kier alpha value is -1.94. The summed E-state index contributed by atoms with van der Waals surface area (Å²) in [5.41, 5.74) is 0. The average Bonchev–Trinajstić information content (AvgIpc) is 3.61. The van der Waals surface area contributed by atoms with E-state index in [9.17, 15) is 43.2 Å². The molecule has 17 nitrogen and oxygen atoms in total. The van der Waals surface area contributed by atoms with Crippen LogP contribution in [0.15, 0.2) is 0 Å². The number of aliphatic hydroxyl groups is 1. The van der Waals surface area contributed by atoms with Crippen molar-refractivity contribution < 1.29 is 80.2 Å². The molecular formula is C69H134O17P2. The van der Waals surface area contributed by atoms with Gasteiger partial charge in [-0.05, 0) is 37.5 Å². The van der Waals surface area contributed by atoms with Crippen LogP contribution < -0.4 is 0 Å². The summed E-state index contributed by atoms with van der Waals surface area (Å²) >= 11 is 0. The Kier molecular flexibility index (Phi) is 59.9. The molecule has 0 aliphatic heterocycles. The topological polar surface area (TPSA) is 237 Å². The van der Waals surface area contributed by atoms with E-state index in [0.29, 0.717) is 25.7 Å². The highest BCUT2D eigenvalue weighted by atomic mass is 31.2. The lowest BCUT2D eigenvalue weighted by molar-refractivity contribution is -0.161. The zero-order chi connectivity index (χ0) is 65.0. The third-order valence-corrected chi connectivity index (χ3v) is 17.9. The van der Waals surface area contributed by atoms with E-state index in [4.69, 9.17) is 37.0 Å². The molecule has 0 radical (unpaired) electrons. The number of phosphoric ester groups is 2. The summed E-state index contributed by atoms with van der Waals surface area (Å²) in [6, 6.07) is 0. The van der Waals surface area contributed by atoms with E-state index in [1.54, 1.807) is 0 Å². The normalized spacial score (nSPS) is 14.2. The number of phosphoric acid groups is 2. The Bertz CT molecular complexity index is 1720. The molecule has 0 aromatic carbocycles. The molecule has 0 heterocycles. The molecule has 0 aliphatic rings. The quantitative estimate of drug-likeness (QED) is 0.0222. The largest absolute Gasteiger partial charge is 0.472 e. The van der Waals surface area contributed by atoms with Gasteiger partial charge in [0.05, 0.1) is 26.4 Å². The summed E-state index contributed by atoms with van der Waals surface area (Å²) in [4.78, 5) is 72.3. The molecule has 0 bridgehead atoms. The first-order valence-corrected chi connectivity index (χ1v) is 39.0. The summed E-state index contributed by atoms with van der Waals surface area (Å²) in [5.74, 6) is -0.688. The lowest BCUT2D eigenvalue weighted by Gasteiger charge is -2.21. The molecule has 0 aromatic rings. The molecule has 19 heteroatoms. The molecular weight excluding hydrogens is 1160 g/mol. The van der Waals surface area contributed by atoms with Gasteiger partial charge in [0.25, 0.3) is 0 Å². The van der Waals surface area contributed by atoms with Gasteiger partial charge in [-0.25, -0.2) is 9.13 Å². The first-order valence-electron chi connectivity index (χ1n) is 36.0. The molecule has 5 atom stereocenters. The number of hydrogen-bond acceptors (Lipinski definition) is 15. The third kappa shape index (κ3) is 62.8. The van der Waals surface area contributed by atoms with Crippen molar-refractivity contribution in [3.05, 3.63) is 0 Å². The Morgan fingerprint density at radius 3 is 0.773 bits per heavy atom. The van der Waals surface area contributed by atoms with E-state index in [0.717, 1.165) is 115 Å². The first kappa shape index (κ1) is 86.1. The number of unbranched alkanes of at least 4 members (excludes halogenated alkanes) is 38. The minimum Gasteiger partial charge on any atom is -0.462 e. The predicted octanol–water partition coefficient (Wildman–Crippen LogP) is 19.6. The second kappa shape index (κ2) is 61.3. The van der Waals surface area contributed by atoms with Gasteiger partial charge in [0, 0.05) is 25.7 Å². The molecule has 0 spiro atoms. The number of ether oxygens (including phenoxy) is 4. The molecule has 0 fully saturated rings. The molecule has 2 unspecified atom stereocenters. The van der Waals surface area contributed by atoms with Crippen molar-refractivity contribution in [3.63, 3.8) is 0 Å². The summed E-state index contributed by atoms with van der Waals surface area (Å²) in [6.07, 6.45) is 46.1. The number of esters is 4. The highest BCUT2D eigenvalue weighted by Gasteiger charge is 2.30. The van der Waals surface area contributed by atoms with E-state index in [2.05, 4.69) is 41.5 Å². The molecule has 0 saturated heterocycles. The third-order valence-electron chi connectivity index (χ3n) is 16.0. The van der Waals surface area contributed by atoms with Crippen LogP contribution in [0.4, 0.5) is 0 Å². The van der Waals surface area contributed by atoms with Crippen LogP contribution in [0.5, 0.6) is 0 Å². The van der Waals surface area contributed by atoms with Crippen molar-refractivity contribution >= 4 is 39.5 Å².